The summed E-state index contributed by atoms with van der Waals surface area (Å²) >= 11 is 0. The van der Waals surface area contributed by atoms with Gasteiger partial charge < -0.3 is 20.1 Å². The Morgan fingerprint density at radius 3 is 2.86 bits per heavy atom. The molecule has 4 heteroatoms. The lowest BCUT2D eigenvalue weighted by Gasteiger charge is -2.39. The van der Waals surface area contributed by atoms with Gasteiger partial charge in [0, 0.05) is 50.7 Å². The Morgan fingerprint density at radius 2 is 2.05 bits per heavy atom. The summed E-state index contributed by atoms with van der Waals surface area (Å²) in [5, 5.41) is 13.1. The monoisotopic (exact) mass is 304 g/mol. The largest absolute Gasteiger partial charge is 0.396 e. The molecule has 2 aliphatic heterocycles. The van der Waals surface area contributed by atoms with Crippen molar-refractivity contribution in [3.63, 3.8) is 0 Å². The van der Waals surface area contributed by atoms with Crippen LogP contribution >= 0.6 is 0 Å². The van der Waals surface area contributed by atoms with Gasteiger partial charge >= 0.3 is 0 Å². The van der Waals surface area contributed by atoms with Gasteiger partial charge in [0.25, 0.3) is 0 Å². The fourth-order valence-corrected chi connectivity index (χ4v) is 3.79. The van der Waals surface area contributed by atoms with Gasteiger partial charge in [-0.2, -0.15) is 0 Å². The molecule has 1 saturated heterocycles. The van der Waals surface area contributed by atoms with Crippen LogP contribution in [0.3, 0.4) is 0 Å². The lowest BCUT2D eigenvalue weighted by atomic mass is 9.87. The number of aryl methyl sites for hydroxylation is 1. The van der Waals surface area contributed by atoms with Crippen molar-refractivity contribution < 1.29 is 9.84 Å². The lowest BCUT2D eigenvalue weighted by molar-refractivity contribution is 0.0280. The second-order valence-corrected chi connectivity index (χ2v) is 6.51. The minimum Gasteiger partial charge on any atom is -0.396 e. The number of ether oxygens (including phenoxy) is 1. The molecule has 0 bridgehead atoms. The van der Waals surface area contributed by atoms with Crippen LogP contribution in [-0.4, -0.2) is 50.1 Å². The highest BCUT2D eigenvalue weighted by atomic mass is 16.5. The first-order valence-corrected chi connectivity index (χ1v) is 8.59. The highest BCUT2D eigenvalue weighted by Crippen LogP contribution is 2.27. The number of benzene rings is 1. The number of hydrogen-bond donors (Lipinski definition) is 2. The van der Waals surface area contributed by atoms with Crippen LogP contribution in [-0.2, 0) is 11.2 Å². The molecular formula is C18H28N2O2. The van der Waals surface area contributed by atoms with Crippen LogP contribution in [0, 0.1) is 0 Å². The van der Waals surface area contributed by atoms with Gasteiger partial charge in [0.05, 0.1) is 0 Å². The number of fused-ring (bicyclic) bond motifs is 1. The average Bonchev–Trinajstić information content (AvgIpc) is 2.56. The molecule has 1 fully saturated rings. The molecule has 2 N–H and O–H groups in total. The molecule has 0 saturated carbocycles. The van der Waals surface area contributed by atoms with Crippen molar-refractivity contribution in [2.24, 2.45) is 0 Å². The highest BCUT2D eigenvalue weighted by molar-refractivity contribution is 5.55. The standard InChI is InChI=1S/C18H28N2O2/c21-13-7-18(8-14-22-15-9-18)19-10-12-20-11-3-5-16-4-1-2-6-17(16)20/h1-2,4,6,19,21H,3,5,7-15H2. The molecule has 0 spiro atoms. The number of nitrogens with one attached hydrogen (secondary N) is 1. The maximum absolute atomic E-state index is 9.37. The molecule has 4 nitrogen and oxygen atoms in total. The molecule has 22 heavy (non-hydrogen) atoms. The topological polar surface area (TPSA) is 44.7 Å². The summed E-state index contributed by atoms with van der Waals surface area (Å²) in [4.78, 5) is 2.50. The van der Waals surface area contributed by atoms with E-state index < -0.39 is 0 Å². The number of rotatable bonds is 6. The third-order valence-electron chi connectivity index (χ3n) is 5.13. The molecule has 0 aliphatic carbocycles. The predicted molar refractivity (Wildman–Crippen MR) is 89.5 cm³/mol. The van der Waals surface area contributed by atoms with Crippen molar-refractivity contribution in [3.05, 3.63) is 29.8 Å². The predicted octanol–water partition coefficient (Wildman–Crippen LogP) is 1.96. The van der Waals surface area contributed by atoms with E-state index in [1.54, 1.807) is 0 Å². The number of aliphatic hydroxyl groups excluding tert-OH is 1. The van der Waals surface area contributed by atoms with E-state index in [0.29, 0.717) is 0 Å². The lowest BCUT2D eigenvalue weighted by Crippen LogP contribution is -2.52. The van der Waals surface area contributed by atoms with Gasteiger partial charge in [-0.1, -0.05) is 18.2 Å². The Morgan fingerprint density at radius 1 is 1.23 bits per heavy atom. The Balaban J connectivity index is 1.56. The summed E-state index contributed by atoms with van der Waals surface area (Å²) in [6.45, 7) is 5.01. The van der Waals surface area contributed by atoms with Crippen molar-refractivity contribution in [2.75, 3.05) is 44.4 Å². The molecule has 3 rings (SSSR count). The Kier molecular flexibility index (Phi) is 5.34. The van der Waals surface area contributed by atoms with Crippen molar-refractivity contribution in [2.45, 2.75) is 37.6 Å². The SMILES string of the molecule is OCCC1(NCCN2CCCc3ccccc32)CCOCC1. The zero-order valence-corrected chi connectivity index (χ0v) is 13.4. The summed E-state index contributed by atoms with van der Waals surface area (Å²) in [5.74, 6) is 0. The highest BCUT2D eigenvalue weighted by Gasteiger charge is 2.31. The second-order valence-electron chi connectivity index (χ2n) is 6.51. The van der Waals surface area contributed by atoms with Crippen molar-refractivity contribution in [3.8, 4) is 0 Å². The molecule has 2 heterocycles. The summed E-state index contributed by atoms with van der Waals surface area (Å²) < 4.78 is 5.48. The minimum atomic E-state index is 0.0717. The van der Waals surface area contributed by atoms with E-state index >= 15 is 0 Å². The van der Waals surface area contributed by atoms with E-state index in [2.05, 4.69) is 34.5 Å². The second kappa shape index (κ2) is 7.44. The first-order valence-electron chi connectivity index (χ1n) is 8.59. The summed E-state index contributed by atoms with van der Waals surface area (Å²) in [5.41, 5.74) is 2.95. The van der Waals surface area contributed by atoms with E-state index in [9.17, 15) is 5.11 Å². The maximum Gasteiger partial charge on any atom is 0.0483 e. The van der Waals surface area contributed by atoms with Crippen molar-refractivity contribution >= 4 is 5.69 Å². The van der Waals surface area contributed by atoms with Crippen LogP contribution in [0.5, 0.6) is 0 Å². The molecule has 1 aromatic carbocycles. The van der Waals surface area contributed by atoms with Crippen molar-refractivity contribution in [1.29, 1.82) is 0 Å². The van der Waals surface area contributed by atoms with Crippen LogP contribution in [0.1, 0.15) is 31.2 Å². The molecule has 1 aromatic rings. The van der Waals surface area contributed by atoms with Gasteiger partial charge in [-0.3, -0.25) is 0 Å². The van der Waals surface area contributed by atoms with E-state index in [4.69, 9.17) is 4.74 Å². The fraction of sp³-hybridized carbons (Fsp3) is 0.667. The third kappa shape index (κ3) is 3.62. The quantitative estimate of drug-likeness (QED) is 0.843. The van der Waals surface area contributed by atoms with Gasteiger partial charge in [0.15, 0.2) is 0 Å². The summed E-state index contributed by atoms with van der Waals surface area (Å²) in [7, 11) is 0. The molecule has 2 aliphatic rings. The van der Waals surface area contributed by atoms with E-state index in [1.165, 1.54) is 24.1 Å². The van der Waals surface area contributed by atoms with Crippen LogP contribution in [0.2, 0.25) is 0 Å². The zero-order chi connectivity index (χ0) is 15.3. The Bertz CT molecular complexity index is 466. The molecule has 0 radical (unpaired) electrons. The van der Waals surface area contributed by atoms with Crippen LogP contribution in [0.25, 0.3) is 0 Å². The first-order chi connectivity index (χ1) is 10.8. The molecule has 122 valence electrons. The summed E-state index contributed by atoms with van der Waals surface area (Å²) in [6.07, 6.45) is 5.28. The molecule has 0 aromatic heterocycles. The Hall–Kier alpha value is -1.10. The minimum absolute atomic E-state index is 0.0717. The molecular weight excluding hydrogens is 276 g/mol. The third-order valence-corrected chi connectivity index (χ3v) is 5.13. The Labute approximate surface area is 133 Å². The first kappa shape index (κ1) is 15.8. The van der Waals surface area contributed by atoms with Crippen LogP contribution in [0.15, 0.2) is 24.3 Å². The zero-order valence-electron chi connectivity index (χ0n) is 13.4. The number of hydrogen-bond acceptors (Lipinski definition) is 4. The normalized spacial score (nSPS) is 20.7. The molecule has 0 unspecified atom stereocenters. The maximum atomic E-state index is 9.37. The average molecular weight is 304 g/mol. The van der Waals surface area contributed by atoms with Gasteiger partial charge in [-0.15, -0.1) is 0 Å². The molecule has 0 amide bonds. The van der Waals surface area contributed by atoms with E-state index in [-0.39, 0.29) is 12.1 Å². The van der Waals surface area contributed by atoms with Gasteiger partial charge in [-0.05, 0) is 43.7 Å². The van der Waals surface area contributed by atoms with E-state index in [1.807, 2.05) is 0 Å². The van der Waals surface area contributed by atoms with Gasteiger partial charge in [0.1, 0.15) is 0 Å². The summed E-state index contributed by atoms with van der Waals surface area (Å²) in [6, 6.07) is 8.77. The smallest absolute Gasteiger partial charge is 0.0483 e. The van der Waals surface area contributed by atoms with Crippen molar-refractivity contribution in [1.82, 2.24) is 5.32 Å². The number of nitrogens with zero attached hydrogens (tertiary/aromatic N) is 1. The fourth-order valence-electron chi connectivity index (χ4n) is 3.79. The van der Waals surface area contributed by atoms with Gasteiger partial charge in [-0.25, -0.2) is 0 Å². The van der Waals surface area contributed by atoms with E-state index in [0.717, 1.165) is 52.1 Å². The number of para-hydroxylation sites is 1. The van der Waals surface area contributed by atoms with Gasteiger partial charge in [0.2, 0.25) is 0 Å². The van der Waals surface area contributed by atoms with Crippen LogP contribution < -0.4 is 10.2 Å². The molecule has 0 atom stereocenters. The number of aliphatic hydroxyl groups is 1. The number of anilines is 1. The van der Waals surface area contributed by atoms with Crippen LogP contribution in [0.4, 0.5) is 5.69 Å².